The standard InChI is InChI=1S/C12H20N2O3/c1-5-7-12(3,4)14-10(16)8(6-2)9(15)13-11(14)17/h8H,5-7H2,1-4H3,(H,13,15,17). The molecule has 1 saturated heterocycles. The molecule has 0 bridgehead atoms. The van der Waals surface area contributed by atoms with Crippen LogP contribution in [-0.4, -0.2) is 28.3 Å². The second kappa shape index (κ2) is 4.85. The molecule has 4 amide bonds. The van der Waals surface area contributed by atoms with E-state index in [9.17, 15) is 14.4 Å². The molecule has 1 aliphatic heterocycles. The summed E-state index contributed by atoms with van der Waals surface area (Å²) in [6, 6.07) is -0.594. The second-order valence-electron chi connectivity index (χ2n) is 4.99. The minimum absolute atomic E-state index is 0.375. The Labute approximate surface area is 102 Å². The van der Waals surface area contributed by atoms with Gasteiger partial charge < -0.3 is 0 Å². The van der Waals surface area contributed by atoms with Crippen LogP contribution in [0.15, 0.2) is 0 Å². The van der Waals surface area contributed by atoms with Crippen molar-refractivity contribution < 1.29 is 14.4 Å². The largest absolute Gasteiger partial charge is 0.331 e. The predicted octanol–water partition coefficient (Wildman–Crippen LogP) is 1.67. The zero-order valence-corrected chi connectivity index (χ0v) is 10.9. The summed E-state index contributed by atoms with van der Waals surface area (Å²) in [6.45, 7) is 7.45. The van der Waals surface area contributed by atoms with Crippen LogP contribution < -0.4 is 5.32 Å². The zero-order chi connectivity index (χ0) is 13.2. The second-order valence-corrected chi connectivity index (χ2v) is 4.99. The smallest absolute Gasteiger partial charge is 0.277 e. The first kappa shape index (κ1) is 13.7. The van der Waals surface area contributed by atoms with E-state index >= 15 is 0 Å². The predicted molar refractivity (Wildman–Crippen MR) is 63.2 cm³/mol. The van der Waals surface area contributed by atoms with E-state index in [0.29, 0.717) is 6.42 Å². The van der Waals surface area contributed by atoms with Crippen molar-refractivity contribution in [2.24, 2.45) is 5.92 Å². The lowest BCUT2D eigenvalue weighted by molar-refractivity contribution is -0.146. The van der Waals surface area contributed by atoms with Crippen molar-refractivity contribution in [3.63, 3.8) is 0 Å². The van der Waals surface area contributed by atoms with Crippen molar-refractivity contribution in [1.29, 1.82) is 0 Å². The summed E-state index contributed by atoms with van der Waals surface area (Å²) in [4.78, 5) is 36.6. The number of rotatable bonds is 4. The molecule has 0 aromatic carbocycles. The van der Waals surface area contributed by atoms with E-state index in [1.165, 1.54) is 4.90 Å². The molecule has 1 fully saturated rings. The molecule has 1 unspecified atom stereocenters. The topological polar surface area (TPSA) is 66.5 Å². The van der Waals surface area contributed by atoms with Crippen molar-refractivity contribution in [2.45, 2.75) is 52.5 Å². The van der Waals surface area contributed by atoms with Crippen molar-refractivity contribution >= 4 is 17.8 Å². The molecule has 96 valence electrons. The highest BCUT2D eigenvalue weighted by Gasteiger charge is 2.45. The molecule has 1 N–H and O–H groups in total. The van der Waals surface area contributed by atoms with E-state index in [-0.39, 0.29) is 5.91 Å². The highest BCUT2D eigenvalue weighted by molar-refractivity contribution is 6.16. The number of nitrogens with zero attached hydrogens (tertiary/aromatic N) is 1. The zero-order valence-electron chi connectivity index (χ0n) is 10.9. The lowest BCUT2D eigenvalue weighted by Gasteiger charge is -2.40. The number of hydrogen-bond acceptors (Lipinski definition) is 3. The maximum Gasteiger partial charge on any atom is 0.331 e. The van der Waals surface area contributed by atoms with Gasteiger partial charge in [-0.15, -0.1) is 0 Å². The Hall–Kier alpha value is -1.39. The molecule has 0 aromatic rings. The van der Waals surface area contributed by atoms with Gasteiger partial charge in [0.1, 0.15) is 5.92 Å². The summed E-state index contributed by atoms with van der Waals surface area (Å²) in [5.41, 5.74) is -0.552. The van der Waals surface area contributed by atoms with Gasteiger partial charge in [0.15, 0.2) is 0 Å². The number of imide groups is 2. The van der Waals surface area contributed by atoms with E-state index < -0.39 is 23.4 Å². The van der Waals surface area contributed by atoms with Gasteiger partial charge in [0.25, 0.3) is 0 Å². The number of nitrogens with one attached hydrogen (secondary N) is 1. The highest BCUT2D eigenvalue weighted by atomic mass is 16.2. The van der Waals surface area contributed by atoms with Crippen LogP contribution >= 0.6 is 0 Å². The quantitative estimate of drug-likeness (QED) is 0.760. The van der Waals surface area contributed by atoms with Crippen LogP contribution in [0.5, 0.6) is 0 Å². The molecule has 0 aliphatic carbocycles. The Morgan fingerprint density at radius 3 is 2.29 bits per heavy atom. The molecular weight excluding hydrogens is 220 g/mol. The van der Waals surface area contributed by atoms with Crippen LogP contribution in [0.4, 0.5) is 4.79 Å². The summed E-state index contributed by atoms with van der Waals surface area (Å²) in [5, 5.41) is 2.25. The summed E-state index contributed by atoms with van der Waals surface area (Å²) in [6.07, 6.45) is 2.00. The molecule has 1 atom stereocenters. The van der Waals surface area contributed by atoms with Crippen molar-refractivity contribution in [2.75, 3.05) is 0 Å². The number of amides is 4. The van der Waals surface area contributed by atoms with Crippen molar-refractivity contribution in [1.82, 2.24) is 10.2 Å². The third kappa shape index (κ3) is 2.48. The van der Waals surface area contributed by atoms with Gasteiger partial charge in [-0.2, -0.15) is 0 Å². The van der Waals surface area contributed by atoms with Gasteiger partial charge in [-0.3, -0.25) is 19.8 Å². The fourth-order valence-electron chi connectivity index (χ4n) is 2.27. The average Bonchev–Trinajstić information content (AvgIpc) is 2.16. The Balaban J connectivity index is 3.02. The summed E-state index contributed by atoms with van der Waals surface area (Å²) in [5.74, 6) is -1.59. The van der Waals surface area contributed by atoms with E-state index in [0.717, 1.165) is 12.8 Å². The van der Waals surface area contributed by atoms with Gasteiger partial charge in [0, 0.05) is 5.54 Å². The molecule has 5 nitrogen and oxygen atoms in total. The molecule has 0 spiro atoms. The first-order valence-corrected chi connectivity index (χ1v) is 6.04. The van der Waals surface area contributed by atoms with E-state index in [4.69, 9.17) is 0 Å². The maximum absolute atomic E-state index is 12.1. The summed E-state index contributed by atoms with van der Waals surface area (Å²) < 4.78 is 0. The van der Waals surface area contributed by atoms with Gasteiger partial charge in [-0.05, 0) is 26.7 Å². The number of hydrogen-bond donors (Lipinski definition) is 1. The van der Waals surface area contributed by atoms with Crippen LogP contribution in [0.25, 0.3) is 0 Å². The first-order chi connectivity index (χ1) is 7.85. The Kier molecular flexibility index (Phi) is 3.91. The lowest BCUT2D eigenvalue weighted by atomic mass is 9.92. The first-order valence-electron chi connectivity index (χ1n) is 6.04. The van der Waals surface area contributed by atoms with Crippen LogP contribution in [0, 0.1) is 5.92 Å². The lowest BCUT2D eigenvalue weighted by Crippen LogP contribution is -2.63. The number of carbonyl (C=O) groups is 3. The van der Waals surface area contributed by atoms with Crippen molar-refractivity contribution in [3.8, 4) is 0 Å². The third-order valence-corrected chi connectivity index (χ3v) is 3.14. The molecule has 0 aromatic heterocycles. The fraction of sp³-hybridized carbons (Fsp3) is 0.750. The third-order valence-electron chi connectivity index (χ3n) is 3.14. The number of barbiturate groups is 1. The van der Waals surface area contributed by atoms with Crippen LogP contribution in [0.3, 0.4) is 0 Å². The van der Waals surface area contributed by atoms with Crippen LogP contribution in [0.2, 0.25) is 0 Å². The van der Waals surface area contributed by atoms with E-state index in [1.54, 1.807) is 6.92 Å². The normalized spacial score (nSPS) is 21.8. The van der Waals surface area contributed by atoms with Crippen LogP contribution in [0.1, 0.15) is 47.0 Å². The van der Waals surface area contributed by atoms with Crippen molar-refractivity contribution in [3.05, 3.63) is 0 Å². The summed E-state index contributed by atoms with van der Waals surface area (Å²) in [7, 11) is 0. The van der Waals surface area contributed by atoms with Gasteiger partial charge >= 0.3 is 6.03 Å². The molecule has 17 heavy (non-hydrogen) atoms. The highest BCUT2D eigenvalue weighted by Crippen LogP contribution is 2.26. The average molecular weight is 240 g/mol. The van der Waals surface area contributed by atoms with Gasteiger partial charge in [-0.25, -0.2) is 4.79 Å². The summed E-state index contributed by atoms with van der Waals surface area (Å²) >= 11 is 0. The minimum atomic E-state index is -0.733. The Bertz CT molecular complexity index is 350. The number of carbonyl (C=O) groups excluding carboxylic acids is 3. The van der Waals surface area contributed by atoms with Gasteiger partial charge in [0.05, 0.1) is 0 Å². The van der Waals surface area contributed by atoms with E-state index in [2.05, 4.69) is 5.32 Å². The molecular formula is C12H20N2O3. The van der Waals surface area contributed by atoms with E-state index in [1.807, 2.05) is 20.8 Å². The monoisotopic (exact) mass is 240 g/mol. The SMILES string of the molecule is CCCC(C)(C)N1C(=O)NC(=O)C(CC)C1=O. The maximum atomic E-state index is 12.1. The fourth-order valence-corrected chi connectivity index (χ4v) is 2.27. The molecule has 0 radical (unpaired) electrons. The Morgan fingerprint density at radius 1 is 1.24 bits per heavy atom. The molecule has 0 saturated carbocycles. The minimum Gasteiger partial charge on any atom is -0.277 e. The van der Waals surface area contributed by atoms with Gasteiger partial charge in [0.2, 0.25) is 11.8 Å². The van der Waals surface area contributed by atoms with Crippen LogP contribution in [-0.2, 0) is 9.59 Å². The Morgan fingerprint density at radius 2 is 1.82 bits per heavy atom. The van der Waals surface area contributed by atoms with Gasteiger partial charge in [-0.1, -0.05) is 20.3 Å². The molecule has 5 heteroatoms. The number of urea groups is 1. The molecule has 1 heterocycles. The molecule has 1 aliphatic rings. The molecule has 1 rings (SSSR count).